The monoisotopic (exact) mass is 246 g/mol. The molecule has 0 aromatic carbocycles. The average molecular weight is 247 g/mol. The second kappa shape index (κ2) is 28.8. The van der Waals surface area contributed by atoms with Gasteiger partial charge < -0.3 is 0 Å². The molecule has 0 aromatic heterocycles. The molecule has 4 heavy (non-hydrogen) atoms. The van der Waals surface area contributed by atoms with Gasteiger partial charge in [0.1, 0.15) is 0 Å². The molecule has 0 bridgehead atoms. The van der Waals surface area contributed by atoms with Crippen molar-refractivity contribution >= 4 is 0 Å². The third-order valence-electron chi connectivity index (χ3n) is 0. The average Bonchev–Trinajstić information content (AvgIpc) is 1.00. The topological polar surface area (TPSA) is 40.5 Å². The molecule has 0 saturated carbocycles. The predicted octanol–water partition coefficient (Wildman–Crippen LogP) is 0.0124. The molecule has 0 aliphatic rings. The summed E-state index contributed by atoms with van der Waals surface area (Å²) < 4.78 is 0. The standard InChI is InChI=1S/H2O2.2Pd/c1-2;;/h1-2H;;. The zero-order chi connectivity index (χ0) is 2.00. The summed E-state index contributed by atoms with van der Waals surface area (Å²) in [5.41, 5.74) is 0. The molecule has 34 valence electrons. The first kappa shape index (κ1) is 18.8. The van der Waals surface area contributed by atoms with E-state index < -0.39 is 0 Å². The first-order chi connectivity index (χ1) is 1.00. The molecule has 0 spiro atoms. The van der Waals surface area contributed by atoms with Crippen LogP contribution in [-0.4, -0.2) is 10.5 Å². The Labute approximate surface area is 51.5 Å². The maximum Gasteiger partial charge on any atom is 0 e. The summed E-state index contributed by atoms with van der Waals surface area (Å²) in [6.07, 6.45) is 0. The quantitative estimate of drug-likeness (QED) is 0.359. The van der Waals surface area contributed by atoms with Crippen LogP contribution in [0.5, 0.6) is 0 Å². The summed E-state index contributed by atoms with van der Waals surface area (Å²) in [6, 6.07) is 0. The van der Waals surface area contributed by atoms with E-state index in [2.05, 4.69) is 0 Å². The van der Waals surface area contributed by atoms with E-state index in [0.717, 1.165) is 0 Å². The van der Waals surface area contributed by atoms with Crippen LogP contribution in [0.1, 0.15) is 0 Å². The Morgan fingerprint density at radius 3 is 0.750 bits per heavy atom. The van der Waals surface area contributed by atoms with E-state index in [-0.39, 0.29) is 40.8 Å². The first-order valence-electron chi connectivity index (χ1n) is 0.200. The van der Waals surface area contributed by atoms with Gasteiger partial charge in [-0.2, -0.15) is 0 Å². The molecule has 0 aromatic rings. The molecule has 4 heteroatoms. The fourth-order valence-corrected chi connectivity index (χ4v) is 0. The van der Waals surface area contributed by atoms with Gasteiger partial charge in [0.25, 0.3) is 0 Å². The van der Waals surface area contributed by atoms with Crippen LogP contribution in [-0.2, 0) is 40.8 Å². The van der Waals surface area contributed by atoms with Gasteiger partial charge in [0.2, 0.25) is 0 Å². The zero-order valence-corrected chi connectivity index (χ0v) is 4.64. The molecule has 0 amide bonds. The van der Waals surface area contributed by atoms with Gasteiger partial charge in [0, 0.05) is 40.8 Å². The molecule has 0 saturated heterocycles. The molecule has 2 N–H and O–H groups in total. The summed E-state index contributed by atoms with van der Waals surface area (Å²) in [5, 5.41) is 12.0. The Kier molecular flexibility index (Phi) is 135. The van der Waals surface area contributed by atoms with E-state index in [1.54, 1.807) is 0 Å². The summed E-state index contributed by atoms with van der Waals surface area (Å²) in [6.45, 7) is 0. The van der Waals surface area contributed by atoms with E-state index in [4.69, 9.17) is 10.5 Å². The van der Waals surface area contributed by atoms with Crippen LogP contribution < -0.4 is 0 Å². The van der Waals surface area contributed by atoms with Crippen molar-refractivity contribution in [3.63, 3.8) is 0 Å². The van der Waals surface area contributed by atoms with Gasteiger partial charge in [0.15, 0.2) is 0 Å². The van der Waals surface area contributed by atoms with E-state index in [0.29, 0.717) is 0 Å². The van der Waals surface area contributed by atoms with E-state index in [9.17, 15) is 0 Å². The van der Waals surface area contributed by atoms with Crippen molar-refractivity contribution in [2.24, 2.45) is 0 Å². The Hall–Kier alpha value is 1.24. The number of hydrogen-bond donors (Lipinski definition) is 2. The second-order valence-corrected chi connectivity index (χ2v) is 0. The van der Waals surface area contributed by atoms with Gasteiger partial charge in [-0.1, -0.05) is 0 Å². The van der Waals surface area contributed by atoms with Crippen molar-refractivity contribution in [2.75, 3.05) is 0 Å². The minimum Gasteiger partial charge on any atom is -0.255 e. The fourth-order valence-electron chi connectivity index (χ4n) is 0. The molecule has 0 aliphatic carbocycles. The summed E-state index contributed by atoms with van der Waals surface area (Å²) in [5.74, 6) is 0. The molecular formula is H2O2Pd2. The van der Waals surface area contributed by atoms with Crippen molar-refractivity contribution in [1.82, 2.24) is 0 Å². The second-order valence-electron chi connectivity index (χ2n) is 0. The van der Waals surface area contributed by atoms with Crippen LogP contribution >= 0.6 is 0 Å². The minimum absolute atomic E-state index is 0. The third kappa shape index (κ3) is 10.6. The van der Waals surface area contributed by atoms with E-state index in [1.807, 2.05) is 0 Å². The maximum absolute atomic E-state index is 6.00. The van der Waals surface area contributed by atoms with Crippen LogP contribution in [0.4, 0.5) is 0 Å². The molecule has 0 rings (SSSR count). The van der Waals surface area contributed by atoms with Gasteiger partial charge in [-0.25, -0.2) is 0 Å². The Bertz CT molecular complexity index is 4.00. The smallest absolute Gasteiger partial charge is 0 e. The van der Waals surface area contributed by atoms with Crippen LogP contribution in [0.25, 0.3) is 0 Å². The first-order valence-corrected chi connectivity index (χ1v) is 0.200. The summed E-state index contributed by atoms with van der Waals surface area (Å²) in [7, 11) is 0. The van der Waals surface area contributed by atoms with Gasteiger partial charge >= 0.3 is 0 Å². The van der Waals surface area contributed by atoms with Crippen molar-refractivity contribution in [2.45, 2.75) is 0 Å². The Morgan fingerprint density at radius 2 is 0.750 bits per heavy atom. The van der Waals surface area contributed by atoms with Gasteiger partial charge in [-0.05, 0) is 0 Å². The van der Waals surface area contributed by atoms with E-state index in [1.165, 1.54) is 0 Å². The van der Waals surface area contributed by atoms with Crippen LogP contribution in [0, 0.1) is 0 Å². The van der Waals surface area contributed by atoms with E-state index >= 15 is 0 Å². The van der Waals surface area contributed by atoms with Crippen LogP contribution in [0.2, 0.25) is 0 Å². The summed E-state index contributed by atoms with van der Waals surface area (Å²) >= 11 is 0. The number of hydrogen-bond acceptors (Lipinski definition) is 2. The predicted molar refractivity (Wildman–Crippen MR) is 5.26 cm³/mol. The third-order valence-corrected chi connectivity index (χ3v) is 0. The molecule has 0 unspecified atom stereocenters. The van der Waals surface area contributed by atoms with Crippen molar-refractivity contribution in [3.05, 3.63) is 0 Å². The fraction of sp³-hybridized carbons (Fsp3) is 0. The molecule has 0 heterocycles. The molecule has 0 radical (unpaired) electrons. The number of rotatable bonds is 0. The van der Waals surface area contributed by atoms with Crippen LogP contribution in [0.15, 0.2) is 0 Å². The van der Waals surface area contributed by atoms with Gasteiger partial charge in [0.05, 0.1) is 0 Å². The normalized spacial score (nSPS) is 1.50. The van der Waals surface area contributed by atoms with Crippen molar-refractivity contribution in [3.8, 4) is 0 Å². The molecule has 0 aliphatic heterocycles. The molecule has 0 fully saturated rings. The summed E-state index contributed by atoms with van der Waals surface area (Å²) in [4.78, 5) is 0. The minimum atomic E-state index is 0. The van der Waals surface area contributed by atoms with Gasteiger partial charge in [-0.3, -0.25) is 10.5 Å². The Morgan fingerprint density at radius 1 is 0.750 bits per heavy atom. The SMILES string of the molecule is OO.[Pd].[Pd]. The molecular weight excluding hydrogens is 245 g/mol. The molecule has 2 nitrogen and oxygen atoms in total. The zero-order valence-electron chi connectivity index (χ0n) is 1.53. The Balaban J connectivity index is -0.00000000500. The van der Waals surface area contributed by atoms with Crippen LogP contribution in [0.3, 0.4) is 0 Å². The van der Waals surface area contributed by atoms with Crippen molar-refractivity contribution in [1.29, 1.82) is 0 Å². The molecule has 0 atom stereocenters. The largest absolute Gasteiger partial charge is 0.255 e. The van der Waals surface area contributed by atoms with Gasteiger partial charge in [-0.15, -0.1) is 0 Å². The van der Waals surface area contributed by atoms with Crippen molar-refractivity contribution < 1.29 is 51.4 Å². The maximum atomic E-state index is 6.00.